The quantitative estimate of drug-likeness (QED) is 0.834. The Morgan fingerprint density at radius 1 is 1.32 bits per heavy atom. The highest BCUT2D eigenvalue weighted by Crippen LogP contribution is 2.11. The summed E-state index contributed by atoms with van der Waals surface area (Å²) in [6.45, 7) is 1.30. The predicted octanol–water partition coefficient (Wildman–Crippen LogP) is 1.38. The SMILES string of the molecule is COC(=O)c1ccc(C(=O)NC[C@@H]2CCCO2)cc1. The van der Waals surface area contributed by atoms with Crippen molar-refractivity contribution in [1.82, 2.24) is 5.32 Å². The van der Waals surface area contributed by atoms with E-state index < -0.39 is 5.97 Å². The van der Waals surface area contributed by atoms with E-state index in [1.54, 1.807) is 24.3 Å². The number of carbonyl (C=O) groups excluding carboxylic acids is 2. The molecule has 1 aliphatic heterocycles. The summed E-state index contributed by atoms with van der Waals surface area (Å²) < 4.78 is 10.0. The zero-order valence-corrected chi connectivity index (χ0v) is 10.8. The highest BCUT2D eigenvalue weighted by molar-refractivity contribution is 5.96. The van der Waals surface area contributed by atoms with Gasteiger partial charge in [-0.3, -0.25) is 4.79 Å². The van der Waals surface area contributed by atoms with E-state index >= 15 is 0 Å². The zero-order valence-electron chi connectivity index (χ0n) is 10.8. The molecule has 1 fully saturated rings. The lowest BCUT2D eigenvalue weighted by atomic mass is 10.1. The first-order chi connectivity index (χ1) is 9.20. The third kappa shape index (κ3) is 3.54. The summed E-state index contributed by atoms with van der Waals surface area (Å²) in [6.07, 6.45) is 2.16. The molecule has 102 valence electrons. The van der Waals surface area contributed by atoms with Crippen molar-refractivity contribution in [3.63, 3.8) is 0 Å². The fraction of sp³-hybridized carbons (Fsp3) is 0.429. The van der Waals surface area contributed by atoms with Crippen LogP contribution in [0.1, 0.15) is 33.6 Å². The molecule has 1 atom stereocenters. The van der Waals surface area contributed by atoms with Crippen LogP contribution in [-0.4, -0.2) is 38.2 Å². The molecule has 0 aromatic heterocycles. The van der Waals surface area contributed by atoms with Crippen LogP contribution in [0.2, 0.25) is 0 Å². The van der Waals surface area contributed by atoms with Crippen LogP contribution in [0, 0.1) is 0 Å². The van der Waals surface area contributed by atoms with Crippen molar-refractivity contribution in [2.45, 2.75) is 18.9 Å². The fourth-order valence-electron chi connectivity index (χ4n) is 1.99. The highest BCUT2D eigenvalue weighted by atomic mass is 16.5. The van der Waals surface area contributed by atoms with Gasteiger partial charge in [0.1, 0.15) is 0 Å². The molecule has 0 radical (unpaired) electrons. The number of rotatable bonds is 4. The Balaban J connectivity index is 1.89. The third-order valence-electron chi connectivity index (χ3n) is 3.08. The Morgan fingerprint density at radius 3 is 2.58 bits per heavy atom. The number of benzene rings is 1. The largest absolute Gasteiger partial charge is 0.465 e. The van der Waals surface area contributed by atoms with Gasteiger partial charge < -0.3 is 14.8 Å². The number of hydrogen-bond donors (Lipinski definition) is 1. The second-order valence-corrected chi connectivity index (χ2v) is 4.41. The molecule has 1 aromatic carbocycles. The second-order valence-electron chi connectivity index (χ2n) is 4.41. The lowest BCUT2D eigenvalue weighted by molar-refractivity contribution is 0.0600. The van der Waals surface area contributed by atoms with Gasteiger partial charge in [-0.25, -0.2) is 4.79 Å². The molecule has 0 bridgehead atoms. The minimum absolute atomic E-state index is 0.123. The summed E-state index contributed by atoms with van der Waals surface area (Å²) in [5.74, 6) is -0.571. The molecule has 0 saturated carbocycles. The van der Waals surface area contributed by atoms with Crippen LogP contribution in [0.5, 0.6) is 0 Å². The molecule has 1 aromatic rings. The Kier molecular flexibility index (Phi) is 4.52. The van der Waals surface area contributed by atoms with Gasteiger partial charge in [-0.1, -0.05) is 0 Å². The first-order valence-corrected chi connectivity index (χ1v) is 6.29. The maximum absolute atomic E-state index is 11.9. The standard InChI is InChI=1S/C14H17NO4/c1-18-14(17)11-6-4-10(5-7-11)13(16)15-9-12-3-2-8-19-12/h4-7,12H,2-3,8-9H2,1H3,(H,15,16)/t12-/m0/s1. The van der Waals surface area contributed by atoms with Crippen LogP contribution in [0.25, 0.3) is 0 Å². The molecule has 0 spiro atoms. The van der Waals surface area contributed by atoms with Gasteiger partial charge >= 0.3 is 5.97 Å². The predicted molar refractivity (Wildman–Crippen MR) is 69.1 cm³/mol. The molecular weight excluding hydrogens is 246 g/mol. The molecule has 19 heavy (non-hydrogen) atoms. The molecule has 1 amide bonds. The summed E-state index contributed by atoms with van der Waals surface area (Å²) in [5, 5.41) is 2.82. The third-order valence-corrected chi connectivity index (χ3v) is 3.08. The molecule has 1 heterocycles. The zero-order chi connectivity index (χ0) is 13.7. The number of carbonyl (C=O) groups is 2. The number of ether oxygens (including phenoxy) is 2. The van der Waals surface area contributed by atoms with Crippen LogP contribution in [-0.2, 0) is 9.47 Å². The summed E-state index contributed by atoms with van der Waals surface area (Å²) >= 11 is 0. The average Bonchev–Trinajstić information content (AvgIpc) is 2.97. The molecule has 1 saturated heterocycles. The van der Waals surface area contributed by atoms with Gasteiger partial charge in [-0.15, -0.1) is 0 Å². The van der Waals surface area contributed by atoms with E-state index in [-0.39, 0.29) is 12.0 Å². The van der Waals surface area contributed by atoms with E-state index in [1.807, 2.05) is 0 Å². The fourth-order valence-corrected chi connectivity index (χ4v) is 1.99. The highest BCUT2D eigenvalue weighted by Gasteiger charge is 2.16. The molecule has 1 aliphatic rings. The summed E-state index contributed by atoms with van der Waals surface area (Å²) in [6, 6.07) is 6.37. The smallest absolute Gasteiger partial charge is 0.337 e. The van der Waals surface area contributed by atoms with E-state index in [9.17, 15) is 9.59 Å². The molecular formula is C14H17NO4. The van der Waals surface area contributed by atoms with Gasteiger partial charge in [0, 0.05) is 18.7 Å². The van der Waals surface area contributed by atoms with Crippen molar-refractivity contribution >= 4 is 11.9 Å². The maximum Gasteiger partial charge on any atom is 0.337 e. The number of hydrogen-bond acceptors (Lipinski definition) is 4. The normalized spacial score (nSPS) is 18.1. The molecule has 5 heteroatoms. The lowest BCUT2D eigenvalue weighted by Crippen LogP contribution is -2.31. The number of nitrogens with one attached hydrogen (secondary N) is 1. The average molecular weight is 263 g/mol. The maximum atomic E-state index is 11.9. The van der Waals surface area contributed by atoms with Crippen molar-refractivity contribution in [2.75, 3.05) is 20.3 Å². The van der Waals surface area contributed by atoms with Crippen LogP contribution in [0.15, 0.2) is 24.3 Å². The Hall–Kier alpha value is -1.88. The van der Waals surface area contributed by atoms with E-state index in [1.165, 1.54) is 7.11 Å². The van der Waals surface area contributed by atoms with Crippen molar-refractivity contribution in [3.05, 3.63) is 35.4 Å². The van der Waals surface area contributed by atoms with Crippen LogP contribution < -0.4 is 5.32 Å². The summed E-state index contributed by atoms with van der Waals surface area (Å²) in [4.78, 5) is 23.1. The first kappa shape index (κ1) is 13.5. The lowest BCUT2D eigenvalue weighted by Gasteiger charge is -2.10. The van der Waals surface area contributed by atoms with Gasteiger partial charge in [-0.2, -0.15) is 0 Å². The Morgan fingerprint density at radius 2 is 2.00 bits per heavy atom. The minimum atomic E-state index is -0.411. The molecule has 2 rings (SSSR count). The van der Waals surface area contributed by atoms with E-state index in [2.05, 4.69) is 10.1 Å². The van der Waals surface area contributed by atoms with Gasteiger partial charge in [0.05, 0.1) is 18.8 Å². The van der Waals surface area contributed by atoms with Crippen molar-refractivity contribution < 1.29 is 19.1 Å². The van der Waals surface area contributed by atoms with Crippen LogP contribution in [0.4, 0.5) is 0 Å². The van der Waals surface area contributed by atoms with Crippen molar-refractivity contribution in [2.24, 2.45) is 0 Å². The van der Waals surface area contributed by atoms with Gasteiger partial charge in [-0.05, 0) is 37.1 Å². The monoisotopic (exact) mass is 263 g/mol. The minimum Gasteiger partial charge on any atom is -0.465 e. The van der Waals surface area contributed by atoms with Gasteiger partial charge in [0.25, 0.3) is 5.91 Å². The second kappa shape index (κ2) is 6.33. The van der Waals surface area contributed by atoms with E-state index in [4.69, 9.17) is 4.74 Å². The van der Waals surface area contributed by atoms with Crippen LogP contribution in [0.3, 0.4) is 0 Å². The number of esters is 1. The van der Waals surface area contributed by atoms with Crippen molar-refractivity contribution in [1.29, 1.82) is 0 Å². The van der Waals surface area contributed by atoms with Crippen LogP contribution >= 0.6 is 0 Å². The molecule has 1 N–H and O–H groups in total. The molecule has 0 aliphatic carbocycles. The number of methoxy groups -OCH3 is 1. The Labute approximate surface area is 111 Å². The van der Waals surface area contributed by atoms with E-state index in [0.29, 0.717) is 17.7 Å². The van der Waals surface area contributed by atoms with Crippen molar-refractivity contribution in [3.8, 4) is 0 Å². The molecule has 5 nitrogen and oxygen atoms in total. The molecule has 0 unspecified atom stereocenters. The summed E-state index contributed by atoms with van der Waals surface area (Å²) in [5.41, 5.74) is 0.948. The van der Waals surface area contributed by atoms with E-state index in [0.717, 1.165) is 19.4 Å². The van der Waals surface area contributed by atoms with Gasteiger partial charge in [0.2, 0.25) is 0 Å². The topological polar surface area (TPSA) is 64.6 Å². The Bertz CT molecular complexity index is 449. The van der Waals surface area contributed by atoms with Gasteiger partial charge in [0.15, 0.2) is 0 Å². The summed E-state index contributed by atoms with van der Waals surface area (Å²) in [7, 11) is 1.32. The number of amides is 1. The first-order valence-electron chi connectivity index (χ1n) is 6.29.